The van der Waals surface area contributed by atoms with Crippen LogP contribution in [0, 0.1) is 11.8 Å². The number of aromatic nitrogens is 1. The van der Waals surface area contributed by atoms with Crippen LogP contribution in [0.4, 0.5) is 8.78 Å². The molecule has 1 aromatic heterocycles. The number of ether oxygens (including phenoxy) is 2. The summed E-state index contributed by atoms with van der Waals surface area (Å²) in [7, 11) is 2.16. The maximum atomic E-state index is 13.5. The predicted octanol–water partition coefficient (Wildman–Crippen LogP) is 0.148. The molecule has 0 spiro atoms. The summed E-state index contributed by atoms with van der Waals surface area (Å²) in [5.74, 6) is -5.66. The molecule has 0 aliphatic carbocycles. The van der Waals surface area contributed by atoms with Gasteiger partial charge in [0, 0.05) is 6.20 Å². The lowest BCUT2D eigenvalue weighted by atomic mass is 10.2. The van der Waals surface area contributed by atoms with E-state index in [-0.39, 0.29) is 0 Å². The molecular formula is C12H12F2N2O5. The van der Waals surface area contributed by atoms with Crippen molar-refractivity contribution in [2.24, 2.45) is 0 Å². The van der Waals surface area contributed by atoms with Gasteiger partial charge in [-0.3, -0.25) is 14.4 Å². The van der Waals surface area contributed by atoms with Gasteiger partial charge in [-0.25, -0.2) is 9.37 Å². The van der Waals surface area contributed by atoms with Gasteiger partial charge in [-0.05, 0) is 6.07 Å². The van der Waals surface area contributed by atoms with Crippen molar-refractivity contribution in [1.82, 2.24) is 9.88 Å². The lowest BCUT2D eigenvalue weighted by Crippen LogP contribution is -2.40. The Morgan fingerprint density at radius 1 is 1.14 bits per heavy atom. The molecule has 7 nitrogen and oxygen atoms in total. The molecular weight excluding hydrogens is 290 g/mol. The summed E-state index contributed by atoms with van der Waals surface area (Å²) < 4.78 is 35.3. The van der Waals surface area contributed by atoms with Gasteiger partial charge in [-0.15, -0.1) is 0 Å². The molecule has 1 rings (SSSR count). The quantitative estimate of drug-likeness (QED) is 0.568. The minimum atomic E-state index is -1.47. The lowest BCUT2D eigenvalue weighted by molar-refractivity contribution is -0.144. The van der Waals surface area contributed by atoms with Crippen molar-refractivity contribution < 1.29 is 32.6 Å². The molecule has 0 saturated heterocycles. The smallest absolute Gasteiger partial charge is 0.325 e. The highest BCUT2D eigenvalue weighted by molar-refractivity contribution is 5.97. The summed E-state index contributed by atoms with van der Waals surface area (Å²) in [5, 5.41) is 0. The summed E-state index contributed by atoms with van der Waals surface area (Å²) in [6, 6.07) is 0.933. The number of methoxy groups -OCH3 is 2. The second kappa shape index (κ2) is 7.27. The lowest BCUT2D eigenvalue weighted by Gasteiger charge is -2.20. The fourth-order valence-electron chi connectivity index (χ4n) is 1.39. The fraction of sp³-hybridized carbons (Fsp3) is 0.333. The van der Waals surface area contributed by atoms with E-state index in [0.29, 0.717) is 4.90 Å². The maximum Gasteiger partial charge on any atom is 0.325 e. The Kier molecular flexibility index (Phi) is 5.70. The van der Waals surface area contributed by atoms with E-state index >= 15 is 0 Å². The second-order valence-corrected chi connectivity index (χ2v) is 3.78. The molecule has 0 N–H and O–H groups in total. The summed E-state index contributed by atoms with van der Waals surface area (Å²) in [4.78, 5) is 38.3. The zero-order valence-corrected chi connectivity index (χ0v) is 11.3. The molecule has 0 bridgehead atoms. The fourth-order valence-corrected chi connectivity index (χ4v) is 1.39. The molecule has 114 valence electrons. The van der Waals surface area contributed by atoms with Gasteiger partial charge >= 0.3 is 11.9 Å². The molecule has 0 saturated carbocycles. The van der Waals surface area contributed by atoms with Crippen LogP contribution in [0.3, 0.4) is 0 Å². The van der Waals surface area contributed by atoms with Gasteiger partial charge in [-0.1, -0.05) is 0 Å². The molecule has 1 amide bonds. The van der Waals surface area contributed by atoms with Crippen molar-refractivity contribution in [3.8, 4) is 0 Å². The Bertz CT molecular complexity index is 547. The number of amides is 1. The highest BCUT2D eigenvalue weighted by atomic mass is 19.2. The molecule has 0 aromatic carbocycles. The zero-order chi connectivity index (χ0) is 16.0. The number of esters is 2. The third kappa shape index (κ3) is 4.20. The van der Waals surface area contributed by atoms with E-state index in [1.807, 2.05) is 0 Å². The second-order valence-electron chi connectivity index (χ2n) is 3.78. The number of carbonyl (C=O) groups is 3. The van der Waals surface area contributed by atoms with Gasteiger partial charge in [0.1, 0.15) is 13.1 Å². The number of halogens is 2. The molecule has 0 atom stereocenters. The first-order valence-electron chi connectivity index (χ1n) is 5.63. The summed E-state index contributed by atoms with van der Waals surface area (Å²) in [5.41, 5.74) is -0.657. The first-order chi connectivity index (χ1) is 9.90. The van der Waals surface area contributed by atoms with Crippen molar-refractivity contribution in [3.63, 3.8) is 0 Å². The number of pyridine rings is 1. The molecule has 0 unspecified atom stereocenters. The monoisotopic (exact) mass is 302 g/mol. The van der Waals surface area contributed by atoms with Crippen molar-refractivity contribution in [2.75, 3.05) is 27.3 Å². The molecule has 1 aromatic rings. The van der Waals surface area contributed by atoms with E-state index < -0.39 is 48.3 Å². The Morgan fingerprint density at radius 2 is 1.67 bits per heavy atom. The third-order valence-corrected chi connectivity index (χ3v) is 2.46. The van der Waals surface area contributed by atoms with Crippen molar-refractivity contribution in [3.05, 3.63) is 29.6 Å². The first kappa shape index (κ1) is 16.5. The van der Waals surface area contributed by atoms with E-state index in [0.717, 1.165) is 26.5 Å². The third-order valence-electron chi connectivity index (χ3n) is 2.46. The van der Waals surface area contributed by atoms with Crippen LogP contribution in [-0.4, -0.2) is 55.0 Å². The van der Waals surface area contributed by atoms with E-state index in [1.165, 1.54) is 0 Å². The topological polar surface area (TPSA) is 85.8 Å². The minimum Gasteiger partial charge on any atom is -0.468 e. The highest BCUT2D eigenvalue weighted by Crippen LogP contribution is 2.12. The number of hydrogen-bond donors (Lipinski definition) is 0. The average Bonchev–Trinajstić information content (AvgIpc) is 2.48. The van der Waals surface area contributed by atoms with Crippen molar-refractivity contribution in [2.45, 2.75) is 0 Å². The van der Waals surface area contributed by atoms with Crippen molar-refractivity contribution in [1.29, 1.82) is 0 Å². The molecule has 0 fully saturated rings. The summed E-state index contributed by atoms with van der Waals surface area (Å²) in [6.07, 6.45) is 0.889. The van der Waals surface area contributed by atoms with Crippen LogP contribution in [0.15, 0.2) is 12.3 Å². The van der Waals surface area contributed by atoms with Gasteiger partial charge in [-0.2, -0.15) is 4.39 Å². The van der Waals surface area contributed by atoms with Gasteiger partial charge in [0.2, 0.25) is 5.95 Å². The largest absolute Gasteiger partial charge is 0.468 e. The first-order valence-corrected chi connectivity index (χ1v) is 5.63. The van der Waals surface area contributed by atoms with Crippen LogP contribution >= 0.6 is 0 Å². The molecule has 1 heterocycles. The van der Waals surface area contributed by atoms with E-state index in [9.17, 15) is 23.2 Å². The predicted molar refractivity (Wildman–Crippen MR) is 64.1 cm³/mol. The van der Waals surface area contributed by atoms with Crippen LogP contribution in [0.25, 0.3) is 0 Å². The van der Waals surface area contributed by atoms with E-state index in [1.54, 1.807) is 0 Å². The zero-order valence-electron chi connectivity index (χ0n) is 11.3. The van der Waals surface area contributed by atoms with E-state index in [2.05, 4.69) is 14.5 Å². The number of carbonyl (C=O) groups excluding carboxylic acids is 3. The Balaban J connectivity index is 3.06. The van der Waals surface area contributed by atoms with Crippen LogP contribution in [0.2, 0.25) is 0 Å². The van der Waals surface area contributed by atoms with Crippen LogP contribution in [0.1, 0.15) is 10.4 Å². The Labute approximate surface area is 118 Å². The number of rotatable bonds is 5. The Morgan fingerprint density at radius 3 is 2.14 bits per heavy atom. The Hall–Kier alpha value is -2.58. The van der Waals surface area contributed by atoms with Gasteiger partial charge in [0.05, 0.1) is 19.8 Å². The normalized spacial score (nSPS) is 9.90. The average molecular weight is 302 g/mol. The molecule has 0 radical (unpaired) electrons. The summed E-state index contributed by atoms with van der Waals surface area (Å²) >= 11 is 0. The van der Waals surface area contributed by atoms with Crippen molar-refractivity contribution >= 4 is 17.8 Å². The summed E-state index contributed by atoms with van der Waals surface area (Å²) in [6.45, 7) is -1.23. The van der Waals surface area contributed by atoms with Gasteiger partial charge in [0.25, 0.3) is 5.91 Å². The highest BCUT2D eigenvalue weighted by Gasteiger charge is 2.26. The molecule has 0 aliphatic rings. The van der Waals surface area contributed by atoms with Gasteiger partial charge < -0.3 is 14.4 Å². The van der Waals surface area contributed by atoms with E-state index in [4.69, 9.17) is 0 Å². The SMILES string of the molecule is COC(=O)CN(CC(=O)OC)C(=O)c1ccnc(F)c1F. The maximum absolute atomic E-state index is 13.5. The minimum absolute atomic E-state index is 0.617. The molecule has 0 aliphatic heterocycles. The van der Waals surface area contributed by atoms with Gasteiger partial charge in [0.15, 0.2) is 5.82 Å². The molecule has 21 heavy (non-hydrogen) atoms. The van der Waals surface area contributed by atoms with Crippen LogP contribution in [0.5, 0.6) is 0 Å². The van der Waals surface area contributed by atoms with Crippen LogP contribution in [-0.2, 0) is 19.1 Å². The number of nitrogens with zero attached hydrogens (tertiary/aromatic N) is 2. The number of hydrogen-bond acceptors (Lipinski definition) is 6. The molecule has 9 heteroatoms. The standard InChI is InChI=1S/C12H12F2N2O5/c1-20-8(17)5-16(6-9(18)21-2)12(19)7-3-4-15-11(14)10(7)13/h3-4H,5-6H2,1-2H3. The van der Waals surface area contributed by atoms with Crippen LogP contribution < -0.4 is 0 Å².